The molecular formula is C24H27FN2O4. The number of likely N-dealkylation sites (tertiary alicyclic amines) is 1. The number of Topliss-reactive ketones (excluding diaryl/α,β-unsaturated/α-hetero) is 1. The van der Waals surface area contributed by atoms with Gasteiger partial charge in [0.25, 0.3) is 11.7 Å². The van der Waals surface area contributed by atoms with Crippen LogP contribution in [0.4, 0.5) is 4.39 Å². The number of amides is 1. The average molecular weight is 426 g/mol. The lowest BCUT2D eigenvalue weighted by atomic mass is 9.95. The molecule has 3 rings (SSSR count). The highest BCUT2D eigenvalue weighted by Crippen LogP contribution is 2.39. The van der Waals surface area contributed by atoms with Gasteiger partial charge in [0.2, 0.25) is 0 Å². The molecule has 0 spiro atoms. The van der Waals surface area contributed by atoms with E-state index in [9.17, 15) is 19.1 Å². The second kappa shape index (κ2) is 9.75. The molecule has 1 aliphatic heterocycles. The lowest BCUT2D eigenvalue weighted by molar-refractivity contribution is -0.139. The summed E-state index contributed by atoms with van der Waals surface area (Å²) in [5.74, 6) is -1.49. The SMILES string of the molecule is CCOc1ccc([C@@H]2/C(=C(/O)c3ccc(F)cc3)C(=O)C(=O)N2CCCN(C)C)cc1. The monoisotopic (exact) mass is 426 g/mol. The smallest absolute Gasteiger partial charge is 0.295 e. The van der Waals surface area contributed by atoms with E-state index in [1.165, 1.54) is 29.2 Å². The van der Waals surface area contributed by atoms with Crippen LogP contribution in [0.15, 0.2) is 54.1 Å². The van der Waals surface area contributed by atoms with Crippen molar-refractivity contribution in [2.75, 3.05) is 33.8 Å². The number of ether oxygens (including phenoxy) is 1. The summed E-state index contributed by atoms with van der Waals surface area (Å²) in [4.78, 5) is 29.3. The Balaban J connectivity index is 2.05. The van der Waals surface area contributed by atoms with Crippen LogP contribution in [-0.2, 0) is 9.59 Å². The summed E-state index contributed by atoms with van der Waals surface area (Å²) in [6.07, 6.45) is 0.671. The molecule has 6 nitrogen and oxygen atoms in total. The third kappa shape index (κ3) is 4.94. The predicted molar refractivity (Wildman–Crippen MR) is 116 cm³/mol. The molecule has 1 amide bonds. The molecule has 0 bridgehead atoms. The van der Waals surface area contributed by atoms with Crippen molar-refractivity contribution in [2.45, 2.75) is 19.4 Å². The molecule has 2 aromatic carbocycles. The van der Waals surface area contributed by atoms with Crippen LogP contribution in [0.5, 0.6) is 5.75 Å². The molecule has 1 fully saturated rings. The van der Waals surface area contributed by atoms with Crippen molar-refractivity contribution in [3.05, 3.63) is 71.0 Å². The summed E-state index contributed by atoms with van der Waals surface area (Å²) in [5.41, 5.74) is 0.977. The Morgan fingerprint density at radius 3 is 2.32 bits per heavy atom. The second-order valence-corrected chi connectivity index (χ2v) is 7.66. The minimum atomic E-state index is -0.745. The number of aliphatic hydroxyl groups excluding tert-OH is 1. The normalized spacial score (nSPS) is 18.1. The summed E-state index contributed by atoms with van der Waals surface area (Å²) < 4.78 is 18.8. The van der Waals surface area contributed by atoms with Gasteiger partial charge in [-0.2, -0.15) is 0 Å². The molecule has 0 aromatic heterocycles. The molecule has 31 heavy (non-hydrogen) atoms. The lowest BCUT2D eigenvalue weighted by Gasteiger charge is -2.26. The van der Waals surface area contributed by atoms with Gasteiger partial charge < -0.3 is 19.6 Å². The van der Waals surface area contributed by atoms with Gasteiger partial charge in [-0.3, -0.25) is 9.59 Å². The number of hydrogen-bond acceptors (Lipinski definition) is 5. The second-order valence-electron chi connectivity index (χ2n) is 7.66. The van der Waals surface area contributed by atoms with Crippen LogP contribution in [0, 0.1) is 5.82 Å². The average Bonchev–Trinajstić information content (AvgIpc) is 2.99. The number of hydrogen-bond donors (Lipinski definition) is 1. The standard InChI is InChI=1S/C24H27FN2O4/c1-4-31-19-12-8-16(9-13-19)21-20(22(28)17-6-10-18(25)11-7-17)23(29)24(30)27(21)15-5-14-26(2)3/h6-13,21,28H,4-5,14-15H2,1-3H3/b22-20-/t21-/m1/s1. The minimum absolute atomic E-state index is 0.00520. The van der Waals surface area contributed by atoms with Gasteiger partial charge in [-0.15, -0.1) is 0 Å². The fourth-order valence-electron chi connectivity index (χ4n) is 3.69. The number of rotatable bonds is 8. The summed E-state index contributed by atoms with van der Waals surface area (Å²) in [6, 6.07) is 11.6. The maximum Gasteiger partial charge on any atom is 0.295 e. The lowest BCUT2D eigenvalue weighted by Crippen LogP contribution is -2.32. The molecular weight excluding hydrogens is 399 g/mol. The highest BCUT2D eigenvalue weighted by atomic mass is 19.1. The van der Waals surface area contributed by atoms with E-state index in [1.54, 1.807) is 24.3 Å². The molecule has 164 valence electrons. The van der Waals surface area contributed by atoms with E-state index in [0.29, 0.717) is 30.9 Å². The Hall–Kier alpha value is -3.19. The van der Waals surface area contributed by atoms with Crippen molar-refractivity contribution in [3.8, 4) is 5.75 Å². The molecule has 1 heterocycles. The number of nitrogens with zero attached hydrogens (tertiary/aromatic N) is 2. The van der Waals surface area contributed by atoms with Gasteiger partial charge in [-0.05, 0) is 75.9 Å². The van der Waals surface area contributed by atoms with Gasteiger partial charge in [-0.25, -0.2) is 4.39 Å². The number of ketones is 1. The number of aliphatic hydroxyl groups is 1. The number of carbonyl (C=O) groups excluding carboxylic acids is 2. The number of halogens is 1. The molecule has 0 saturated carbocycles. The van der Waals surface area contributed by atoms with Crippen LogP contribution in [0.25, 0.3) is 5.76 Å². The summed E-state index contributed by atoms with van der Waals surface area (Å²) in [6.45, 7) is 3.51. The van der Waals surface area contributed by atoms with Gasteiger partial charge in [0.15, 0.2) is 0 Å². The molecule has 1 N–H and O–H groups in total. The Bertz CT molecular complexity index is 968. The van der Waals surface area contributed by atoms with Crippen LogP contribution in [0.1, 0.15) is 30.5 Å². The molecule has 0 unspecified atom stereocenters. The molecule has 0 radical (unpaired) electrons. The van der Waals surface area contributed by atoms with Gasteiger partial charge in [0.1, 0.15) is 17.3 Å². The molecule has 7 heteroatoms. The van der Waals surface area contributed by atoms with E-state index in [4.69, 9.17) is 4.74 Å². The first-order chi connectivity index (χ1) is 14.8. The first-order valence-electron chi connectivity index (χ1n) is 10.2. The van der Waals surface area contributed by atoms with Crippen molar-refractivity contribution in [2.24, 2.45) is 0 Å². The van der Waals surface area contributed by atoms with Crippen molar-refractivity contribution in [1.82, 2.24) is 9.80 Å². The Kier molecular flexibility index (Phi) is 7.07. The quantitative estimate of drug-likeness (QED) is 0.397. The third-order valence-electron chi connectivity index (χ3n) is 5.17. The predicted octanol–water partition coefficient (Wildman–Crippen LogP) is 3.60. The molecule has 1 aliphatic rings. The fraction of sp³-hybridized carbons (Fsp3) is 0.333. The minimum Gasteiger partial charge on any atom is -0.507 e. The fourth-order valence-corrected chi connectivity index (χ4v) is 3.69. The summed E-state index contributed by atoms with van der Waals surface area (Å²) in [5, 5.41) is 10.9. The van der Waals surface area contributed by atoms with E-state index in [2.05, 4.69) is 0 Å². The van der Waals surface area contributed by atoms with Gasteiger partial charge in [0, 0.05) is 12.1 Å². The Morgan fingerprint density at radius 1 is 1.10 bits per heavy atom. The maximum absolute atomic E-state index is 13.3. The molecule has 2 aromatic rings. The summed E-state index contributed by atoms with van der Waals surface area (Å²) >= 11 is 0. The van der Waals surface area contributed by atoms with E-state index in [1.807, 2.05) is 25.9 Å². The van der Waals surface area contributed by atoms with Gasteiger partial charge in [0.05, 0.1) is 18.2 Å². The van der Waals surface area contributed by atoms with Crippen molar-refractivity contribution >= 4 is 17.4 Å². The van der Waals surface area contributed by atoms with E-state index < -0.39 is 23.5 Å². The van der Waals surface area contributed by atoms with E-state index in [-0.39, 0.29) is 16.9 Å². The maximum atomic E-state index is 13.3. The molecule has 0 aliphatic carbocycles. The topological polar surface area (TPSA) is 70.1 Å². The van der Waals surface area contributed by atoms with E-state index >= 15 is 0 Å². The van der Waals surface area contributed by atoms with Crippen LogP contribution >= 0.6 is 0 Å². The van der Waals surface area contributed by atoms with Crippen LogP contribution in [-0.4, -0.2) is 60.4 Å². The van der Waals surface area contributed by atoms with Crippen LogP contribution in [0.3, 0.4) is 0 Å². The van der Waals surface area contributed by atoms with Crippen molar-refractivity contribution < 1.29 is 23.8 Å². The largest absolute Gasteiger partial charge is 0.507 e. The van der Waals surface area contributed by atoms with Gasteiger partial charge in [-0.1, -0.05) is 12.1 Å². The first kappa shape index (κ1) is 22.5. The van der Waals surface area contributed by atoms with Crippen molar-refractivity contribution in [3.63, 3.8) is 0 Å². The Labute approximate surface area is 181 Å². The molecule has 1 atom stereocenters. The third-order valence-corrected chi connectivity index (χ3v) is 5.17. The highest BCUT2D eigenvalue weighted by molar-refractivity contribution is 6.46. The zero-order chi connectivity index (χ0) is 22.5. The van der Waals surface area contributed by atoms with Crippen LogP contribution in [0.2, 0.25) is 0 Å². The zero-order valence-electron chi connectivity index (χ0n) is 18.0. The van der Waals surface area contributed by atoms with Crippen molar-refractivity contribution in [1.29, 1.82) is 0 Å². The highest BCUT2D eigenvalue weighted by Gasteiger charge is 2.45. The Morgan fingerprint density at radius 2 is 1.74 bits per heavy atom. The first-order valence-corrected chi connectivity index (χ1v) is 10.2. The molecule has 1 saturated heterocycles. The number of carbonyl (C=O) groups is 2. The number of benzene rings is 2. The van der Waals surface area contributed by atoms with E-state index in [0.717, 1.165) is 6.54 Å². The van der Waals surface area contributed by atoms with Gasteiger partial charge >= 0.3 is 0 Å². The summed E-state index contributed by atoms with van der Waals surface area (Å²) in [7, 11) is 3.87. The zero-order valence-corrected chi connectivity index (χ0v) is 18.0. The van der Waals surface area contributed by atoms with Crippen LogP contribution < -0.4 is 4.74 Å².